The number of hydrogen-bond acceptors (Lipinski definition) is 3. The molecule has 108 valence electrons. The topological polar surface area (TPSA) is 72.9 Å². The van der Waals surface area contributed by atoms with Gasteiger partial charge in [-0.1, -0.05) is 6.42 Å². The third kappa shape index (κ3) is 3.30. The molecule has 1 aromatic heterocycles. The van der Waals surface area contributed by atoms with Crippen molar-refractivity contribution in [2.75, 3.05) is 0 Å². The molecule has 7 heteroatoms. The zero-order valence-corrected chi connectivity index (χ0v) is 10.9. The Morgan fingerprint density at radius 1 is 1.25 bits per heavy atom. The van der Waals surface area contributed by atoms with Gasteiger partial charge in [0, 0.05) is 25.1 Å². The quantitative estimate of drug-likeness (QED) is 0.367. The third-order valence-electron chi connectivity index (χ3n) is 3.13. The van der Waals surface area contributed by atoms with Gasteiger partial charge in [0.25, 0.3) is 0 Å². The van der Waals surface area contributed by atoms with Crippen molar-refractivity contribution in [3.05, 3.63) is 30.1 Å². The maximum atomic E-state index is 13.2. The Kier molecular flexibility index (Phi) is 4.62. The molecule has 1 heterocycles. The molecule has 3 N–H and O–H groups in total. The van der Waals surface area contributed by atoms with Crippen LogP contribution in [0.15, 0.2) is 18.5 Å². The summed E-state index contributed by atoms with van der Waals surface area (Å²) in [7, 11) is 0. The summed E-state index contributed by atoms with van der Waals surface area (Å²) < 4.78 is 28.0. The van der Waals surface area contributed by atoms with Gasteiger partial charge in [-0.2, -0.15) is 0 Å². The summed E-state index contributed by atoms with van der Waals surface area (Å²) in [5.41, 5.74) is 3.08. The van der Waals surface area contributed by atoms with Gasteiger partial charge in [0.1, 0.15) is 0 Å². The summed E-state index contributed by atoms with van der Waals surface area (Å²) in [6, 6.07) is 2.24. The molecule has 0 saturated carbocycles. The first-order chi connectivity index (χ1) is 9.61. The maximum Gasteiger partial charge on any atom is 0.233 e. The van der Waals surface area contributed by atoms with Crippen molar-refractivity contribution in [3.63, 3.8) is 0 Å². The summed E-state index contributed by atoms with van der Waals surface area (Å²) >= 11 is 0. The van der Waals surface area contributed by atoms with E-state index in [-0.39, 0.29) is 5.91 Å². The van der Waals surface area contributed by atoms with Crippen LogP contribution in [0.1, 0.15) is 25.7 Å². The van der Waals surface area contributed by atoms with Crippen LogP contribution in [0.2, 0.25) is 0 Å². The fourth-order valence-electron chi connectivity index (χ4n) is 2.05. The van der Waals surface area contributed by atoms with E-state index < -0.39 is 11.6 Å². The molecule has 0 aliphatic rings. The van der Waals surface area contributed by atoms with Gasteiger partial charge in [0.15, 0.2) is 11.6 Å². The van der Waals surface area contributed by atoms with Crippen molar-refractivity contribution < 1.29 is 13.6 Å². The molecule has 2 aromatic rings. The minimum atomic E-state index is -0.893. The number of amides is 1. The summed E-state index contributed by atoms with van der Waals surface area (Å²) in [6.45, 7) is 0.645. The molecule has 0 spiro atoms. The third-order valence-corrected chi connectivity index (χ3v) is 3.13. The molecule has 0 radical (unpaired) electrons. The molecule has 0 fully saturated rings. The number of halogens is 2. The van der Waals surface area contributed by atoms with Gasteiger partial charge in [0.05, 0.1) is 17.4 Å². The number of rotatable bonds is 6. The number of unbranched alkanes of at least 4 members (excludes halogenated alkanes) is 2. The molecule has 0 unspecified atom stereocenters. The molecule has 0 saturated heterocycles. The second-order valence-electron chi connectivity index (χ2n) is 4.57. The standard InChI is InChI=1S/C13H16F2N4O/c14-9-6-11-12(7-10(9)15)19(8-17-11)5-3-1-2-4-13(20)18-16/h6-8H,1-5,16H2,(H,18,20). The van der Waals surface area contributed by atoms with Gasteiger partial charge in [-0.25, -0.2) is 19.6 Å². The molecule has 0 aliphatic carbocycles. The molecular weight excluding hydrogens is 266 g/mol. The molecule has 5 nitrogen and oxygen atoms in total. The van der Waals surface area contributed by atoms with E-state index >= 15 is 0 Å². The molecule has 0 atom stereocenters. The Balaban J connectivity index is 1.90. The van der Waals surface area contributed by atoms with Gasteiger partial charge >= 0.3 is 0 Å². The zero-order valence-electron chi connectivity index (χ0n) is 10.9. The summed E-state index contributed by atoms with van der Waals surface area (Å²) in [6.07, 6.45) is 4.36. The van der Waals surface area contributed by atoms with Gasteiger partial charge in [-0.3, -0.25) is 10.2 Å². The van der Waals surface area contributed by atoms with E-state index in [0.717, 1.165) is 31.4 Å². The number of aryl methyl sites for hydroxylation is 1. The average molecular weight is 282 g/mol. The lowest BCUT2D eigenvalue weighted by atomic mass is 10.2. The predicted octanol–water partition coefficient (Wildman–Crippen LogP) is 1.86. The largest absolute Gasteiger partial charge is 0.331 e. The molecule has 0 bridgehead atoms. The van der Waals surface area contributed by atoms with Crippen molar-refractivity contribution in [2.24, 2.45) is 5.84 Å². The Morgan fingerprint density at radius 3 is 2.75 bits per heavy atom. The van der Waals surface area contributed by atoms with Crippen LogP contribution in [0.5, 0.6) is 0 Å². The van der Waals surface area contributed by atoms with Crippen molar-refractivity contribution in [1.29, 1.82) is 0 Å². The van der Waals surface area contributed by atoms with Crippen molar-refractivity contribution >= 4 is 16.9 Å². The van der Waals surface area contributed by atoms with Crippen LogP contribution < -0.4 is 11.3 Å². The first-order valence-corrected chi connectivity index (χ1v) is 6.41. The van der Waals surface area contributed by atoms with E-state index in [0.29, 0.717) is 24.0 Å². The Morgan fingerprint density at radius 2 is 2.00 bits per heavy atom. The normalized spacial score (nSPS) is 10.9. The first-order valence-electron chi connectivity index (χ1n) is 6.41. The van der Waals surface area contributed by atoms with E-state index in [2.05, 4.69) is 10.4 Å². The van der Waals surface area contributed by atoms with Crippen LogP contribution in [0, 0.1) is 11.6 Å². The highest BCUT2D eigenvalue weighted by atomic mass is 19.2. The number of imidazole rings is 1. The predicted molar refractivity (Wildman–Crippen MR) is 70.4 cm³/mol. The highest BCUT2D eigenvalue weighted by Gasteiger charge is 2.08. The van der Waals surface area contributed by atoms with E-state index in [1.165, 1.54) is 0 Å². The van der Waals surface area contributed by atoms with Crippen molar-refractivity contribution in [2.45, 2.75) is 32.2 Å². The Labute approximate surface area is 114 Å². The lowest BCUT2D eigenvalue weighted by Gasteiger charge is -2.04. The lowest BCUT2D eigenvalue weighted by Crippen LogP contribution is -2.29. The average Bonchev–Trinajstić information content (AvgIpc) is 2.81. The number of carbonyl (C=O) groups is 1. The molecular formula is C13H16F2N4O. The summed E-state index contributed by atoms with van der Waals surface area (Å²) in [5, 5.41) is 0. The van der Waals surface area contributed by atoms with E-state index in [4.69, 9.17) is 5.84 Å². The second-order valence-corrected chi connectivity index (χ2v) is 4.57. The zero-order chi connectivity index (χ0) is 14.5. The Hall–Kier alpha value is -2.02. The van der Waals surface area contributed by atoms with Gasteiger partial charge < -0.3 is 4.57 Å². The number of nitrogens with zero attached hydrogens (tertiary/aromatic N) is 2. The number of nitrogens with one attached hydrogen (secondary N) is 1. The number of hydrazine groups is 1. The van der Waals surface area contributed by atoms with Gasteiger partial charge in [-0.05, 0) is 12.8 Å². The molecule has 1 aromatic carbocycles. The minimum Gasteiger partial charge on any atom is -0.331 e. The number of aromatic nitrogens is 2. The van der Waals surface area contributed by atoms with Crippen LogP contribution in [-0.4, -0.2) is 15.5 Å². The number of fused-ring (bicyclic) bond motifs is 1. The second kappa shape index (κ2) is 6.42. The molecule has 20 heavy (non-hydrogen) atoms. The van der Waals surface area contributed by atoms with Crippen LogP contribution in [0.4, 0.5) is 8.78 Å². The smallest absolute Gasteiger partial charge is 0.233 e. The first kappa shape index (κ1) is 14.4. The number of benzene rings is 1. The number of hydrogen-bond donors (Lipinski definition) is 2. The fraction of sp³-hybridized carbons (Fsp3) is 0.385. The molecule has 2 rings (SSSR count). The van der Waals surface area contributed by atoms with Crippen LogP contribution in [0.3, 0.4) is 0 Å². The van der Waals surface area contributed by atoms with Crippen LogP contribution in [0.25, 0.3) is 11.0 Å². The van der Waals surface area contributed by atoms with Gasteiger partial charge in [0.2, 0.25) is 5.91 Å². The maximum absolute atomic E-state index is 13.2. The van der Waals surface area contributed by atoms with Crippen molar-refractivity contribution in [1.82, 2.24) is 15.0 Å². The number of nitrogens with two attached hydrogens (primary N) is 1. The SMILES string of the molecule is NNC(=O)CCCCCn1cnc2cc(F)c(F)cc21. The van der Waals surface area contributed by atoms with Crippen molar-refractivity contribution in [3.8, 4) is 0 Å². The van der Waals surface area contributed by atoms with E-state index in [1.54, 1.807) is 10.9 Å². The van der Waals surface area contributed by atoms with Crippen LogP contribution in [-0.2, 0) is 11.3 Å². The van der Waals surface area contributed by atoms with E-state index in [9.17, 15) is 13.6 Å². The number of carbonyl (C=O) groups excluding carboxylic acids is 1. The Bertz CT molecular complexity index is 612. The lowest BCUT2D eigenvalue weighted by molar-refractivity contribution is -0.121. The minimum absolute atomic E-state index is 0.185. The van der Waals surface area contributed by atoms with Gasteiger partial charge in [-0.15, -0.1) is 0 Å². The highest BCUT2D eigenvalue weighted by molar-refractivity contribution is 5.75. The molecule has 1 amide bonds. The highest BCUT2D eigenvalue weighted by Crippen LogP contribution is 2.18. The van der Waals surface area contributed by atoms with Crippen LogP contribution >= 0.6 is 0 Å². The summed E-state index contributed by atoms with van der Waals surface area (Å²) in [4.78, 5) is 15.0. The monoisotopic (exact) mass is 282 g/mol. The summed E-state index contributed by atoms with van der Waals surface area (Å²) in [5.74, 6) is 3.02. The van der Waals surface area contributed by atoms with E-state index in [1.807, 2.05) is 0 Å². The fourth-order valence-corrected chi connectivity index (χ4v) is 2.05. The molecule has 0 aliphatic heterocycles.